The number of amides is 1. The van der Waals surface area contributed by atoms with Crippen LogP contribution in [-0.4, -0.2) is 35.7 Å². The second kappa shape index (κ2) is 6.02. The fourth-order valence-electron chi connectivity index (χ4n) is 2.57. The molecule has 1 aromatic carbocycles. The van der Waals surface area contributed by atoms with Crippen molar-refractivity contribution in [3.63, 3.8) is 0 Å². The second-order valence-electron chi connectivity index (χ2n) is 6.51. The molecule has 0 aromatic heterocycles. The normalized spacial score (nSPS) is 23.0. The molecule has 0 unspecified atom stereocenters. The maximum Gasteiger partial charge on any atom is 0.410 e. The van der Waals surface area contributed by atoms with Gasteiger partial charge in [-0.15, -0.1) is 0 Å². The van der Waals surface area contributed by atoms with Crippen LogP contribution in [0.25, 0.3) is 0 Å². The topological polar surface area (TPSA) is 55.6 Å². The molecule has 1 saturated heterocycles. The van der Waals surface area contributed by atoms with Gasteiger partial charge in [-0.2, -0.15) is 0 Å². The zero-order chi connectivity index (χ0) is 15.6. The fraction of sp³-hybridized carbons (Fsp3) is 0.562. The van der Waals surface area contributed by atoms with Gasteiger partial charge in [-0.1, -0.05) is 18.2 Å². The number of ether oxygens (including phenoxy) is 1. The Hall–Kier alpha value is -1.62. The summed E-state index contributed by atoms with van der Waals surface area (Å²) in [6.45, 7) is 6.41. The number of rotatable bonds is 1. The van der Waals surface area contributed by atoms with Crippen LogP contribution in [0.4, 0.5) is 9.18 Å². The highest BCUT2D eigenvalue weighted by atomic mass is 19.1. The van der Waals surface area contributed by atoms with E-state index in [0.717, 1.165) is 0 Å². The Kier molecular flexibility index (Phi) is 4.52. The van der Waals surface area contributed by atoms with Crippen molar-refractivity contribution in [1.29, 1.82) is 0 Å². The van der Waals surface area contributed by atoms with E-state index in [1.807, 2.05) is 20.8 Å². The minimum Gasteiger partial charge on any atom is -0.444 e. The lowest BCUT2D eigenvalue weighted by Crippen LogP contribution is -2.49. The Labute approximate surface area is 125 Å². The van der Waals surface area contributed by atoms with E-state index < -0.39 is 5.60 Å². The molecule has 0 radical (unpaired) electrons. The van der Waals surface area contributed by atoms with E-state index in [-0.39, 0.29) is 23.9 Å². The average Bonchev–Trinajstić information content (AvgIpc) is 2.38. The van der Waals surface area contributed by atoms with Gasteiger partial charge in [0, 0.05) is 25.0 Å². The minimum absolute atomic E-state index is 0.152. The number of piperidine rings is 1. The Morgan fingerprint density at radius 1 is 1.38 bits per heavy atom. The molecule has 1 aromatic rings. The molecule has 0 saturated carbocycles. The first kappa shape index (κ1) is 15.8. The van der Waals surface area contributed by atoms with Gasteiger partial charge in [0.05, 0.1) is 0 Å². The number of likely N-dealkylation sites (tertiary alicyclic amines) is 1. The number of halogens is 1. The zero-order valence-electron chi connectivity index (χ0n) is 12.8. The van der Waals surface area contributed by atoms with Gasteiger partial charge < -0.3 is 15.4 Å². The van der Waals surface area contributed by atoms with Gasteiger partial charge in [0.1, 0.15) is 11.4 Å². The Morgan fingerprint density at radius 2 is 2.05 bits per heavy atom. The van der Waals surface area contributed by atoms with Crippen LogP contribution in [0.15, 0.2) is 24.3 Å². The summed E-state index contributed by atoms with van der Waals surface area (Å²) in [5.41, 5.74) is 6.15. The highest BCUT2D eigenvalue weighted by Gasteiger charge is 2.33. The summed E-state index contributed by atoms with van der Waals surface area (Å²) >= 11 is 0. The second-order valence-corrected chi connectivity index (χ2v) is 6.51. The summed E-state index contributed by atoms with van der Waals surface area (Å²) in [5, 5.41) is 0. The molecular weight excluding hydrogens is 271 g/mol. The first-order valence-electron chi connectivity index (χ1n) is 7.26. The first-order valence-corrected chi connectivity index (χ1v) is 7.26. The highest BCUT2D eigenvalue weighted by molar-refractivity contribution is 5.68. The Bertz CT molecular complexity index is 513. The molecule has 2 rings (SSSR count). The van der Waals surface area contributed by atoms with Gasteiger partial charge in [0.25, 0.3) is 0 Å². The minimum atomic E-state index is -0.538. The van der Waals surface area contributed by atoms with Crippen LogP contribution in [0, 0.1) is 5.82 Å². The largest absolute Gasteiger partial charge is 0.444 e. The average molecular weight is 294 g/mol. The lowest BCUT2D eigenvalue weighted by molar-refractivity contribution is 0.0185. The van der Waals surface area contributed by atoms with E-state index in [2.05, 4.69) is 0 Å². The summed E-state index contributed by atoms with van der Waals surface area (Å²) in [6.07, 6.45) is 0.272. The maximum atomic E-state index is 14.0. The van der Waals surface area contributed by atoms with Gasteiger partial charge in [0.2, 0.25) is 0 Å². The lowest BCUT2D eigenvalue weighted by atomic mass is 9.86. The van der Waals surface area contributed by atoms with Crippen LogP contribution in [0.3, 0.4) is 0 Å². The Morgan fingerprint density at radius 3 is 2.67 bits per heavy atom. The van der Waals surface area contributed by atoms with Crippen molar-refractivity contribution in [2.24, 2.45) is 5.73 Å². The molecular formula is C16H23FN2O2. The number of hydrogen-bond acceptors (Lipinski definition) is 3. The van der Waals surface area contributed by atoms with E-state index in [9.17, 15) is 9.18 Å². The van der Waals surface area contributed by atoms with E-state index in [4.69, 9.17) is 10.5 Å². The van der Waals surface area contributed by atoms with Crippen molar-refractivity contribution >= 4 is 6.09 Å². The van der Waals surface area contributed by atoms with Crippen molar-refractivity contribution in [1.82, 2.24) is 4.90 Å². The van der Waals surface area contributed by atoms with Gasteiger partial charge in [-0.05, 0) is 38.8 Å². The molecule has 116 valence electrons. The highest BCUT2D eigenvalue weighted by Crippen LogP contribution is 2.28. The van der Waals surface area contributed by atoms with Crippen LogP contribution in [0.1, 0.15) is 38.7 Å². The van der Waals surface area contributed by atoms with Gasteiger partial charge >= 0.3 is 6.09 Å². The molecule has 5 heteroatoms. The van der Waals surface area contributed by atoms with Crippen molar-refractivity contribution in [3.05, 3.63) is 35.6 Å². The number of nitrogens with two attached hydrogens (primary N) is 1. The number of nitrogens with zero attached hydrogens (tertiary/aromatic N) is 1. The molecule has 0 spiro atoms. The first-order chi connectivity index (χ1) is 9.78. The maximum absolute atomic E-state index is 14.0. The molecule has 1 amide bonds. The molecule has 4 nitrogen and oxygen atoms in total. The van der Waals surface area contributed by atoms with Crippen molar-refractivity contribution in [2.75, 3.05) is 13.1 Å². The summed E-state index contributed by atoms with van der Waals surface area (Å²) in [5.74, 6) is -0.476. The van der Waals surface area contributed by atoms with Crippen LogP contribution in [-0.2, 0) is 4.74 Å². The van der Waals surface area contributed by atoms with Gasteiger partial charge in [0.15, 0.2) is 0 Å². The third-order valence-corrected chi connectivity index (χ3v) is 3.62. The molecule has 1 aliphatic heterocycles. The summed E-state index contributed by atoms with van der Waals surface area (Å²) < 4.78 is 19.3. The molecule has 1 heterocycles. The van der Waals surface area contributed by atoms with E-state index in [1.165, 1.54) is 6.07 Å². The fourth-order valence-corrected chi connectivity index (χ4v) is 2.57. The van der Waals surface area contributed by atoms with Crippen LogP contribution < -0.4 is 5.73 Å². The molecule has 0 aliphatic carbocycles. The predicted octanol–water partition coefficient (Wildman–Crippen LogP) is 2.88. The number of hydrogen-bond donors (Lipinski definition) is 1. The van der Waals surface area contributed by atoms with Gasteiger partial charge in [-0.25, -0.2) is 9.18 Å². The SMILES string of the molecule is CC(C)(C)OC(=O)N1CC[C@@H](N)[C@H](c2ccccc2F)C1. The lowest BCUT2D eigenvalue weighted by Gasteiger charge is -2.37. The quantitative estimate of drug-likeness (QED) is 0.866. The molecule has 0 bridgehead atoms. The molecule has 1 aliphatic rings. The van der Waals surface area contributed by atoms with Crippen LogP contribution in [0.2, 0.25) is 0 Å². The van der Waals surface area contributed by atoms with Crippen LogP contribution in [0.5, 0.6) is 0 Å². The molecule has 2 N–H and O–H groups in total. The Balaban J connectivity index is 2.13. The summed E-state index contributed by atoms with van der Waals surface area (Å²) in [4.78, 5) is 13.8. The van der Waals surface area contributed by atoms with Crippen molar-refractivity contribution in [3.8, 4) is 0 Å². The number of benzene rings is 1. The van der Waals surface area contributed by atoms with Crippen molar-refractivity contribution < 1.29 is 13.9 Å². The summed E-state index contributed by atoms with van der Waals surface area (Å²) in [6, 6.07) is 6.45. The third kappa shape index (κ3) is 3.94. The van der Waals surface area contributed by atoms with Crippen LogP contribution >= 0.6 is 0 Å². The standard InChI is InChI=1S/C16H23FN2O2/c1-16(2,3)21-15(20)19-9-8-14(18)12(10-19)11-6-4-5-7-13(11)17/h4-7,12,14H,8-10,18H2,1-3H3/t12-,14+/m0/s1. The molecule has 1 fully saturated rings. The van der Waals surface area contributed by atoms with E-state index in [1.54, 1.807) is 23.1 Å². The van der Waals surface area contributed by atoms with Crippen molar-refractivity contribution in [2.45, 2.75) is 44.8 Å². The number of carbonyl (C=O) groups excluding carboxylic acids is 1. The predicted molar refractivity (Wildman–Crippen MR) is 79.5 cm³/mol. The monoisotopic (exact) mass is 294 g/mol. The smallest absolute Gasteiger partial charge is 0.410 e. The third-order valence-electron chi connectivity index (χ3n) is 3.62. The van der Waals surface area contributed by atoms with Gasteiger partial charge in [-0.3, -0.25) is 0 Å². The van der Waals surface area contributed by atoms with E-state index in [0.29, 0.717) is 25.1 Å². The zero-order valence-corrected chi connectivity index (χ0v) is 12.8. The van der Waals surface area contributed by atoms with E-state index >= 15 is 0 Å². The molecule has 2 atom stereocenters. The molecule has 21 heavy (non-hydrogen) atoms. The summed E-state index contributed by atoms with van der Waals surface area (Å²) in [7, 11) is 0. The number of carbonyl (C=O) groups is 1.